The molecule has 0 spiro atoms. The minimum Gasteiger partial charge on any atom is -0.507 e. The Bertz CT molecular complexity index is 1240. The molecule has 1 unspecified atom stereocenters. The number of carbonyl (C=O) groups excluding carboxylic acids is 2. The van der Waals surface area contributed by atoms with Crippen LogP contribution in [0.4, 0.5) is 0 Å². The van der Waals surface area contributed by atoms with E-state index in [0.29, 0.717) is 23.7 Å². The Morgan fingerprint density at radius 1 is 1.05 bits per heavy atom. The van der Waals surface area contributed by atoms with Gasteiger partial charge in [-0.15, -0.1) is 0 Å². The molecule has 1 amide bonds. The van der Waals surface area contributed by atoms with Crippen molar-refractivity contribution in [1.29, 1.82) is 0 Å². The predicted octanol–water partition coefficient (Wildman–Crippen LogP) is 5.26. The molecule has 38 heavy (non-hydrogen) atoms. The summed E-state index contributed by atoms with van der Waals surface area (Å²) in [5.41, 5.74) is 0.385. The second-order valence-corrected chi connectivity index (χ2v) is 9.36. The van der Waals surface area contributed by atoms with Crippen molar-refractivity contribution in [2.75, 3.05) is 41.1 Å². The van der Waals surface area contributed by atoms with Gasteiger partial charge in [-0.2, -0.15) is 0 Å². The van der Waals surface area contributed by atoms with Gasteiger partial charge in [0.2, 0.25) is 0 Å². The van der Waals surface area contributed by atoms with E-state index in [1.807, 2.05) is 20.8 Å². The highest BCUT2D eigenvalue weighted by Crippen LogP contribution is 2.48. The summed E-state index contributed by atoms with van der Waals surface area (Å²) in [4.78, 5) is 27.9. The van der Waals surface area contributed by atoms with Crippen LogP contribution in [0.15, 0.2) is 29.8 Å². The molecule has 1 aliphatic rings. The molecule has 2 aromatic carbocycles. The summed E-state index contributed by atoms with van der Waals surface area (Å²) < 4.78 is 27.5. The second-order valence-electron chi connectivity index (χ2n) is 8.58. The Hall–Kier alpha value is -3.14. The highest BCUT2D eigenvalue weighted by molar-refractivity contribution is 6.47. The monoisotopic (exact) mass is 567 g/mol. The van der Waals surface area contributed by atoms with Crippen molar-refractivity contribution in [2.24, 2.45) is 0 Å². The number of aliphatic hydroxyl groups is 1. The Morgan fingerprint density at radius 2 is 1.74 bits per heavy atom. The van der Waals surface area contributed by atoms with Crippen LogP contribution >= 0.6 is 23.2 Å². The standard InChI is InChI=1S/C27H31Cl2NO8/c1-7-37-19-12-15(8-9-18(19)38-14(2)3)22-20(24(32)27(33)30(22)10-11-34-4)23(31)16-13-17(28)26(36-6)21(29)25(16)35-5/h8-9,12-14,22,31H,7,10-11H2,1-6H3/b23-20+. The van der Waals surface area contributed by atoms with Crippen LogP contribution in [-0.4, -0.2) is 68.9 Å². The van der Waals surface area contributed by atoms with Gasteiger partial charge in [-0.05, 0) is 44.5 Å². The lowest BCUT2D eigenvalue weighted by Gasteiger charge is -2.26. The normalized spacial score (nSPS) is 16.8. The Kier molecular flexibility index (Phi) is 9.76. The van der Waals surface area contributed by atoms with Gasteiger partial charge < -0.3 is 33.7 Å². The quantitative estimate of drug-likeness (QED) is 0.222. The van der Waals surface area contributed by atoms with Gasteiger partial charge >= 0.3 is 0 Å². The first kappa shape index (κ1) is 29.4. The molecule has 1 saturated heterocycles. The lowest BCUT2D eigenvalue weighted by molar-refractivity contribution is -0.140. The summed E-state index contributed by atoms with van der Waals surface area (Å²) in [7, 11) is 4.22. The number of halogens is 2. The number of carbonyl (C=O) groups is 2. The summed E-state index contributed by atoms with van der Waals surface area (Å²) in [5, 5.41) is 11.6. The van der Waals surface area contributed by atoms with Crippen LogP contribution in [0.3, 0.4) is 0 Å². The molecule has 11 heteroatoms. The van der Waals surface area contributed by atoms with E-state index in [0.717, 1.165) is 0 Å². The number of ketones is 1. The fourth-order valence-electron chi connectivity index (χ4n) is 4.25. The molecule has 0 bridgehead atoms. The molecule has 206 valence electrons. The van der Waals surface area contributed by atoms with E-state index in [9.17, 15) is 14.7 Å². The summed E-state index contributed by atoms with van der Waals surface area (Å²) in [6.45, 7) is 6.24. The zero-order valence-electron chi connectivity index (χ0n) is 22.1. The molecule has 0 radical (unpaired) electrons. The first-order valence-electron chi connectivity index (χ1n) is 11.9. The second kappa shape index (κ2) is 12.6. The maximum absolute atomic E-state index is 13.4. The smallest absolute Gasteiger partial charge is 0.295 e. The topological polar surface area (TPSA) is 104 Å². The maximum atomic E-state index is 13.4. The fourth-order valence-corrected chi connectivity index (χ4v) is 4.94. The summed E-state index contributed by atoms with van der Waals surface area (Å²) in [6.07, 6.45) is -0.107. The van der Waals surface area contributed by atoms with Crippen LogP contribution in [0.5, 0.6) is 23.0 Å². The predicted molar refractivity (Wildman–Crippen MR) is 144 cm³/mol. The van der Waals surface area contributed by atoms with Crippen LogP contribution < -0.4 is 18.9 Å². The molecule has 1 heterocycles. The number of methoxy groups -OCH3 is 3. The largest absolute Gasteiger partial charge is 0.507 e. The van der Waals surface area contributed by atoms with Crippen molar-refractivity contribution in [1.82, 2.24) is 4.90 Å². The number of amides is 1. The van der Waals surface area contributed by atoms with E-state index in [4.69, 9.17) is 46.9 Å². The first-order chi connectivity index (χ1) is 18.1. The summed E-state index contributed by atoms with van der Waals surface area (Å²) >= 11 is 12.8. The van der Waals surface area contributed by atoms with Crippen molar-refractivity contribution in [3.63, 3.8) is 0 Å². The molecular formula is C27H31Cl2NO8. The third kappa shape index (κ3) is 5.65. The van der Waals surface area contributed by atoms with E-state index >= 15 is 0 Å². The number of aliphatic hydroxyl groups excluding tert-OH is 1. The van der Waals surface area contributed by atoms with E-state index < -0.39 is 23.5 Å². The summed E-state index contributed by atoms with van der Waals surface area (Å²) in [6, 6.07) is 5.51. The van der Waals surface area contributed by atoms with Gasteiger partial charge in [0.15, 0.2) is 23.0 Å². The van der Waals surface area contributed by atoms with Gasteiger partial charge in [-0.1, -0.05) is 29.3 Å². The maximum Gasteiger partial charge on any atom is 0.295 e. The number of hydrogen-bond acceptors (Lipinski definition) is 8. The Morgan fingerprint density at radius 3 is 2.32 bits per heavy atom. The van der Waals surface area contributed by atoms with Crippen molar-refractivity contribution < 1.29 is 38.4 Å². The van der Waals surface area contributed by atoms with Gasteiger partial charge in [-0.25, -0.2) is 0 Å². The summed E-state index contributed by atoms with van der Waals surface area (Å²) in [5.74, 6) is -1.06. The molecule has 0 aliphatic carbocycles. The Labute approximate surface area is 231 Å². The molecule has 2 aromatic rings. The minimum absolute atomic E-state index is 0.00281. The number of nitrogens with zero attached hydrogens (tertiary/aromatic N) is 1. The zero-order chi connectivity index (χ0) is 28.1. The minimum atomic E-state index is -0.971. The average molecular weight is 568 g/mol. The number of likely N-dealkylation sites (tertiary alicyclic amines) is 1. The highest BCUT2D eigenvalue weighted by atomic mass is 35.5. The van der Waals surface area contributed by atoms with Crippen LogP contribution in [0.2, 0.25) is 10.0 Å². The first-order valence-corrected chi connectivity index (χ1v) is 12.7. The van der Waals surface area contributed by atoms with Gasteiger partial charge in [0.25, 0.3) is 11.7 Å². The van der Waals surface area contributed by atoms with Crippen molar-refractivity contribution >= 4 is 40.7 Å². The van der Waals surface area contributed by atoms with E-state index in [-0.39, 0.29) is 51.9 Å². The third-order valence-corrected chi connectivity index (χ3v) is 6.44. The SMILES string of the molecule is CCOc1cc(C2/C(=C(\O)c3cc(Cl)c(OC)c(Cl)c3OC)C(=O)C(=O)N2CCOC)ccc1OC(C)C. The molecule has 9 nitrogen and oxygen atoms in total. The van der Waals surface area contributed by atoms with E-state index in [1.54, 1.807) is 18.2 Å². The number of hydrogen-bond donors (Lipinski definition) is 1. The third-order valence-electron chi connectivity index (χ3n) is 5.82. The molecule has 0 saturated carbocycles. The number of rotatable bonds is 11. The van der Waals surface area contributed by atoms with Gasteiger partial charge in [0.05, 0.1) is 55.7 Å². The molecule has 3 rings (SSSR count). The Balaban J connectivity index is 2.29. The van der Waals surface area contributed by atoms with Crippen LogP contribution in [0.25, 0.3) is 5.76 Å². The molecule has 1 aliphatic heterocycles. The lowest BCUT2D eigenvalue weighted by atomic mass is 9.94. The number of benzene rings is 2. The van der Waals surface area contributed by atoms with Crippen LogP contribution in [-0.2, 0) is 14.3 Å². The molecule has 1 N–H and O–H groups in total. The van der Waals surface area contributed by atoms with Crippen molar-refractivity contribution in [3.05, 3.63) is 51.0 Å². The van der Waals surface area contributed by atoms with Crippen LogP contribution in [0.1, 0.15) is 37.9 Å². The fraction of sp³-hybridized carbons (Fsp3) is 0.407. The molecule has 1 fully saturated rings. The van der Waals surface area contributed by atoms with Crippen molar-refractivity contribution in [3.8, 4) is 23.0 Å². The number of Topliss-reactive ketones (excluding diaryl/α,β-unsaturated/α-hetero) is 1. The number of ether oxygens (including phenoxy) is 5. The average Bonchev–Trinajstić information content (AvgIpc) is 3.12. The van der Waals surface area contributed by atoms with E-state index in [1.165, 1.54) is 32.3 Å². The zero-order valence-corrected chi connectivity index (χ0v) is 23.6. The van der Waals surface area contributed by atoms with Gasteiger partial charge in [0.1, 0.15) is 10.8 Å². The van der Waals surface area contributed by atoms with E-state index in [2.05, 4.69) is 0 Å². The van der Waals surface area contributed by atoms with Gasteiger partial charge in [-0.3, -0.25) is 9.59 Å². The van der Waals surface area contributed by atoms with Gasteiger partial charge in [0, 0.05) is 13.7 Å². The molecule has 1 atom stereocenters. The highest BCUT2D eigenvalue weighted by Gasteiger charge is 2.46. The molecular weight excluding hydrogens is 537 g/mol. The van der Waals surface area contributed by atoms with Crippen LogP contribution in [0, 0.1) is 0 Å². The van der Waals surface area contributed by atoms with Crippen molar-refractivity contribution in [2.45, 2.75) is 32.9 Å². The molecule has 0 aromatic heterocycles. The lowest BCUT2D eigenvalue weighted by Crippen LogP contribution is -2.32.